The molecule has 278 valence electrons. The topological polar surface area (TPSA) is 54.0 Å². The summed E-state index contributed by atoms with van der Waals surface area (Å²) in [7, 11) is -6.29. The molecule has 0 heterocycles. The van der Waals surface area contributed by atoms with E-state index in [9.17, 15) is 4.79 Å². The molecule has 0 aromatic carbocycles. The van der Waals surface area contributed by atoms with Crippen molar-refractivity contribution in [2.75, 3.05) is 0 Å². The fourth-order valence-electron chi connectivity index (χ4n) is 4.19. The van der Waals surface area contributed by atoms with E-state index in [4.69, 9.17) is 18.0 Å². The van der Waals surface area contributed by atoms with Gasteiger partial charge in [-0.1, -0.05) is 115 Å². The van der Waals surface area contributed by atoms with E-state index < -0.39 is 25.0 Å². The lowest BCUT2D eigenvalue weighted by molar-refractivity contribution is -0.141. The van der Waals surface area contributed by atoms with Gasteiger partial charge in [-0.05, 0) is 102 Å². The maximum atomic E-state index is 11.9. The van der Waals surface area contributed by atoms with E-state index in [2.05, 4.69) is 153 Å². The van der Waals surface area contributed by atoms with Crippen LogP contribution in [0.3, 0.4) is 0 Å². The van der Waals surface area contributed by atoms with Crippen molar-refractivity contribution in [1.82, 2.24) is 0 Å². The highest BCUT2D eigenvalue weighted by Crippen LogP contribution is 2.42. The monoisotopic (exact) mass is 721 g/mol. The first kappa shape index (κ1) is 46.7. The van der Waals surface area contributed by atoms with E-state index in [1.54, 1.807) is 6.08 Å². The summed E-state index contributed by atoms with van der Waals surface area (Å²) in [5, 5.41) is 0.245. The third-order valence-electron chi connectivity index (χ3n) is 10.2. The van der Waals surface area contributed by atoms with Crippen LogP contribution in [-0.2, 0) is 22.8 Å². The summed E-state index contributed by atoms with van der Waals surface area (Å²) in [5.74, 6) is -0.328. The van der Waals surface area contributed by atoms with Gasteiger partial charge in [-0.15, -0.1) is 0 Å². The highest BCUT2D eigenvalue weighted by Gasteiger charge is 2.45. The second-order valence-electron chi connectivity index (χ2n) is 18.6. The van der Waals surface area contributed by atoms with Crippen LogP contribution >= 0.6 is 0 Å². The van der Waals surface area contributed by atoms with E-state index in [1.807, 2.05) is 20.8 Å². The normalized spacial score (nSPS) is 17.4. The molecule has 0 aliphatic carbocycles. The minimum Gasteiger partial charge on any atom is -0.460 e. The lowest BCUT2D eigenvalue weighted by Gasteiger charge is -2.46. The molecule has 0 amide bonds. The summed E-state index contributed by atoms with van der Waals surface area (Å²) in [5.41, 5.74) is 3.19. The number of hydrogen-bond donors (Lipinski definition) is 0. The molecular weight excluding hydrogens is 645 g/mol. The molecule has 0 aromatic heterocycles. The molecule has 0 N–H and O–H groups in total. The molecule has 0 saturated carbocycles. The van der Waals surface area contributed by atoms with Gasteiger partial charge in [0.15, 0.2) is 25.0 Å². The fourth-order valence-corrected chi connectivity index (χ4v) is 8.24. The van der Waals surface area contributed by atoms with Crippen LogP contribution < -0.4 is 0 Å². The fraction of sp³-hybridized carbons (Fsp3) is 0.725. The molecule has 0 spiro atoms. The Labute approximate surface area is 301 Å². The number of allylic oxidation sites excluding steroid dienone is 8. The van der Waals surface area contributed by atoms with Gasteiger partial charge in [0.2, 0.25) is 0 Å². The number of carbonyl (C=O) groups excluding carboxylic acids is 1. The molecule has 0 aromatic rings. The Bertz CT molecular complexity index is 1180. The van der Waals surface area contributed by atoms with E-state index in [1.165, 1.54) is 6.08 Å². The van der Waals surface area contributed by atoms with Gasteiger partial charge < -0.3 is 18.0 Å². The van der Waals surface area contributed by atoms with E-state index in [0.717, 1.165) is 23.1 Å². The molecule has 0 aliphatic heterocycles. The zero-order valence-electron chi connectivity index (χ0n) is 35.1. The first-order chi connectivity index (χ1) is 21.3. The standard InChI is InChI=1S/C40H76O5Si3/c1-30(2)42-37(41)26-25-33(5)27-31(3)23-22-24-32(4)28-35(44-47(18,19)39(10,11)12)36(45-48(20,21)40(13,14)15)29-34(6)43-46(16,17)38(7,8)9/h22-28,30,34-36H,29H2,1-21H3/b24-22+,26-25+,31-23+,32-28+,33-27+/t34-,35-,36-/m0/s1. The number of carbonyl (C=O) groups is 1. The van der Waals surface area contributed by atoms with Gasteiger partial charge in [0.25, 0.3) is 0 Å². The van der Waals surface area contributed by atoms with Crippen LogP contribution in [0.25, 0.3) is 0 Å². The third kappa shape index (κ3) is 16.6. The summed E-state index contributed by atoms with van der Waals surface area (Å²) in [6.45, 7) is 46.8. The number of ether oxygens (including phenoxy) is 1. The van der Waals surface area contributed by atoms with Crippen LogP contribution in [0.5, 0.6) is 0 Å². The first-order valence-corrected chi connectivity index (χ1v) is 26.7. The predicted molar refractivity (Wildman–Crippen MR) is 217 cm³/mol. The van der Waals surface area contributed by atoms with Gasteiger partial charge in [0.1, 0.15) is 0 Å². The number of rotatable bonds is 16. The molecule has 0 saturated heterocycles. The van der Waals surface area contributed by atoms with Gasteiger partial charge in [0.05, 0.1) is 18.3 Å². The van der Waals surface area contributed by atoms with Crippen LogP contribution in [0, 0.1) is 0 Å². The van der Waals surface area contributed by atoms with Crippen molar-refractivity contribution in [3.8, 4) is 0 Å². The molecule has 0 radical (unpaired) electrons. The molecule has 0 fully saturated rings. The van der Waals surface area contributed by atoms with Crippen LogP contribution in [0.1, 0.15) is 110 Å². The molecule has 5 nitrogen and oxygen atoms in total. The summed E-state index contributed by atoms with van der Waals surface area (Å²) in [4.78, 5) is 11.9. The second-order valence-corrected chi connectivity index (χ2v) is 32.8. The van der Waals surface area contributed by atoms with Crippen molar-refractivity contribution >= 4 is 30.9 Å². The molecule has 0 bridgehead atoms. The van der Waals surface area contributed by atoms with Crippen molar-refractivity contribution in [3.63, 3.8) is 0 Å². The average Bonchev–Trinajstić information content (AvgIpc) is 2.83. The van der Waals surface area contributed by atoms with Gasteiger partial charge in [0, 0.05) is 12.2 Å². The first-order valence-electron chi connectivity index (χ1n) is 17.9. The Morgan fingerprint density at radius 2 is 1.08 bits per heavy atom. The second kappa shape index (κ2) is 18.3. The van der Waals surface area contributed by atoms with Crippen molar-refractivity contribution in [2.45, 2.75) is 189 Å². The summed E-state index contributed by atoms with van der Waals surface area (Å²) < 4.78 is 26.6. The van der Waals surface area contributed by atoms with Crippen molar-refractivity contribution in [2.24, 2.45) is 0 Å². The van der Waals surface area contributed by atoms with Crippen LogP contribution in [0.15, 0.2) is 59.3 Å². The van der Waals surface area contributed by atoms with Gasteiger partial charge >= 0.3 is 5.97 Å². The molecular formula is C40H76O5Si3. The molecule has 0 unspecified atom stereocenters. The van der Waals surface area contributed by atoms with Gasteiger partial charge in [-0.2, -0.15) is 0 Å². The summed E-state index contributed by atoms with van der Waals surface area (Å²) in [6, 6.07) is 0. The predicted octanol–water partition coefficient (Wildman–Crippen LogP) is 12.5. The lowest BCUT2D eigenvalue weighted by Crippen LogP contribution is -2.52. The largest absolute Gasteiger partial charge is 0.460 e. The number of hydrogen-bond acceptors (Lipinski definition) is 5. The highest BCUT2D eigenvalue weighted by molar-refractivity contribution is 6.75. The van der Waals surface area contributed by atoms with Crippen LogP contribution in [0.4, 0.5) is 0 Å². The zero-order chi connectivity index (χ0) is 38.1. The third-order valence-corrected chi connectivity index (χ3v) is 23.7. The molecule has 3 atom stereocenters. The Morgan fingerprint density at radius 1 is 0.625 bits per heavy atom. The van der Waals surface area contributed by atoms with E-state index >= 15 is 0 Å². The Hall–Kier alpha value is -1.30. The van der Waals surface area contributed by atoms with Gasteiger partial charge in [-0.3, -0.25) is 0 Å². The Morgan fingerprint density at radius 3 is 1.54 bits per heavy atom. The summed E-state index contributed by atoms with van der Waals surface area (Å²) in [6.07, 6.45) is 14.2. The minimum absolute atomic E-state index is 0.0392. The van der Waals surface area contributed by atoms with Crippen molar-refractivity contribution in [1.29, 1.82) is 0 Å². The quantitative estimate of drug-likeness (QED) is 0.0687. The lowest BCUT2D eigenvalue weighted by atomic mass is 10.0. The van der Waals surface area contributed by atoms with Crippen molar-refractivity contribution in [3.05, 3.63) is 59.3 Å². The SMILES string of the molecule is CC(=C\C=C\C(C)=C\[C@H](O[Si](C)(C)C(C)(C)C)[C@H](C[C@H](C)O[Si](C)(C)C(C)(C)C)O[Si](C)(C)C(C)(C)C)/C=C(C)/C=C/C(=O)OC(C)C. The smallest absolute Gasteiger partial charge is 0.331 e. The van der Waals surface area contributed by atoms with Crippen LogP contribution in [0.2, 0.25) is 54.4 Å². The average molecular weight is 721 g/mol. The Kier molecular flexibility index (Phi) is 17.8. The molecule has 0 aliphatic rings. The maximum Gasteiger partial charge on any atom is 0.331 e. The minimum atomic E-state index is -2.16. The van der Waals surface area contributed by atoms with E-state index in [0.29, 0.717) is 0 Å². The van der Waals surface area contributed by atoms with Gasteiger partial charge in [-0.25, -0.2) is 4.79 Å². The van der Waals surface area contributed by atoms with Crippen LogP contribution in [-0.4, -0.2) is 55.3 Å². The van der Waals surface area contributed by atoms with E-state index in [-0.39, 0.29) is 45.5 Å². The zero-order valence-corrected chi connectivity index (χ0v) is 38.1. The maximum absolute atomic E-state index is 11.9. The highest BCUT2D eigenvalue weighted by atomic mass is 28.4. The van der Waals surface area contributed by atoms with Crippen molar-refractivity contribution < 1.29 is 22.8 Å². The Balaban J connectivity index is 6.70. The molecule has 8 heteroatoms. The molecule has 0 rings (SSSR count). The summed E-state index contributed by atoms with van der Waals surface area (Å²) >= 11 is 0. The number of esters is 1. The molecule has 48 heavy (non-hydrogen) atoms.